The minimum absolute atomic E-state index is 0.188. The number of hydrogen-bond donors (Lipinski definition) is 2. The van der Waals surface area contributed by atoms with Gasteiger partial charge in [-0.25, -0.2) is 0 Å². The number of nitrogens with one attached hydrogen (secondary N) is 2. The van der Waals surface area contributed by atoms with Crippen LogP contribution in [0.15, 0.2) is 8.68 Å². The highest BCUT2D eigenvalue weighted by molar-refractivity contribution is 8.03. The van der Waals surface area contributed by atoms with E-state index >= 15 is 0 Å². The molecule has 0 saturated heterocycles. The minimum Gasteiger partial charge on any atom is -0.300 e. The summed E-state index contributed by atoms with van der Waals surface area (Å²) in [6, 6.07) is 0. The summed E-state index contributed by atoms with van der Waals surface area (Å²) in [5.41, 5.74) is 0. The number of carbonyl (C=O) groups excluding carboxylic acids is 2. The van der Waals surface area contributed by atoms with Gasteiger partial charge in [0.15, 0.2) is 8.68 Å². The Hall–Kier alpha value is -1.68. The molecule has 0 aromatic carbocycles. The van der Waals surface area contributed by atoms with Gasteiger partial charge in [0.2, 0.25) is 22.1 Å². The van der Waals surface area contributed by atoms with Gasteiger partial charge in [-0.15, -0.1) is 30.6 Å². The fraction of sp³-hybridized carbons (Fsp3) is 0.333. The van der Waals surface area contributed by atoms with E-state index in [9.17, 15) is 9.59 Å². The second-order valence-electron chi connectivity index (χ2n) is 4.76. The van der Waals surface area contributed by atoms with Crippen molar-refractivity contribution >= 4 is 79.6 Å². The Kier molecular flexibility index (Phi) is 7.06. The lowest BCUT2D eigenvalue weighted by Gasteiger charge is -1.98. The Morgan fingerprint density at radius 1 is 0.741 bits per heavy atom. The number of carbonyl (C=O) groups is 2. The zero-order valence-electron chi connectivity index (χ0n) is 14.0. The van der Waals surface area contributed by atoms with E-state index in [2.05, 4.69) is 41.2 Å². The zero-order valence-corrected chi connectivity index (χ0v) is 18.0. The van der Waals surface area contributed by atoms with Crippen LogP contribution in [-0.4, -0.2) is 53.9 Å². The first-order valence-electron chi connectivity index (χ1n) is 7.27. The third-order valence-electron chi connectivity index (χ3n) is 2.59. The average Bonchev–Trinajstić information content (AvgIpc) is 3.34. The molecule has 3 aromatic heterocycles. The molecular formula is C12H12N8O2S5. The first-order chi connectivity index (χ1) is 13.0. The van der Waals surface area contributed by atoms with E-state index < -0.39 is 0 Å². The summed E-state index contributed by atoms with van der Waals surface area (Å²) >= 11 is 6.51. The molecule has 0 saturated carbocycles. The van der Waals surface area contributed by atoms with Crippen LogP contribution in [0.4, 0.5) is 10.3 Å². The standard InChI is InChI=1S/C12H12N8O2S5/c1-5-15-17-9(25-5)13-7(21)3-23-11-19-20-12(27-11)24-4-8(22)14-10-18-16-6(2)26-10/h3-4H2,1-2H3,(H,13,17,21)(H,14,18,22). The first kappa shape index (κ1) is 20.1. The van der Waals surface area contributed by atoms with Crippen LogP contribution < -0.4 is 10.6 Å². The van der Waals surface area contributed by atoms with E-state index in [4.69, 9.17) is 0 Å². The molecule has 0 atom stereocenters. The fourth-order valence-corrected chi connectivity index (χ4v) is 5.41. The molecule has 15 heteroatoms. The molecule has 0 radical (unpaired) electrons. The molecule has 2 amide bonds. The van der Waals surface area contributed by atoms with Gasteiger partial charge in [-0.1, -0.05) is 57.5 Å². The third-order valence-corrected chi connectivity index (χ3v) is 7.28. The molecule has 2 N–H and O–H groups in total. The van der Waals surface area contributed by atoms with E-state index in [1.807, 2.05) is 13.8 Å². The van der Waals surface area contributed by atoms with Gasteiger partial charge in [-0.2, -0.15) is 0 Å². The SMILES string of the molecule is Cc1nnc(NC(=O)CSc2nnc(SCC(=O)Nc3nnc(C)s3)s2)s1. The molecule has 0 fully saturated rings. The molecule has 10 nitrogen and oxygen atoms in total. The van der Waals surface area contributed by atoms with Gasteiger partial charge in [0.1, 0.15) is 10.0 Å². The third kappa shape index (κ3) is 6.46. The highest BCUT2D eigenvalue weighted by Gasteiger charge is 2.12. The van der Waals surface area contributed by atoms with E-state index in [0.717, 1.165) is 10.0 Å². The molecule has 0 unspecified atom stereocenters. The van der Waals surface area contributed by atoms with Crippen LogP contribution in [0.3, 0.4) is 0 Å². The maximum atomic E-state index is 11.9. The lowest BCUT2D eigenvalue weighted by Crippen LogP contribution is -2.13. The molecular weight excluding hydrogens is 449 g/mol. The fourth-order valence-electron chi connectivity index (χ4n) is 1.57. The van der Waals surface area contributed by atoms with Crippen molar-refractivity contribution < 1.29 is 9.59 Å². The predicted molar refractivity (Wildman–Crippen MR) is 108 cm³/mol. The molecule has 0 aliphatic heterocycles. The Morgan fingerprint density at radius 2 is 1.19 bits per heavy atom. The minimum atomic E-state index is -0.188. The van der Waals surface area contributed by atoms with E-state index in [0.29, 0.717) is 18.9 Å². The molecule has 3 rings (SSSR count). The second kappa shape index (κ2) is 9.50. The van der Waals surface area contributed by atoms with Crippen LogP contribution in [-0.2, 0) is 9.59 Å². The first-order valence-corrected chi connectivity index (χ1v) is 11.7. The van der Waals surface area contributed by atoms with E-state index in [1.165, 1.54) is 57.5 Å². The number of aryl methyl sites for hydroxylation is 2. The van der Waals surface area contributed by atoms with Crippen molar-refractivity contribution in [3.8, 4) is 0 Å². The number of aromatic nitrogens is 6. The molecule has 0 bridgehead atoms. The number of amides is 2. The lowest BCUT2D eigenvalue weighted by atomic mass is 10.7. The number of rotatable bonds is 8. The predicted octanol–water partition coefficient (Wildman–Crippen LogP) is 2.32. The van der Waals surface area contributed by atoms with Gasteiger partial charge in [0, 0.05) is 0 Å². The highest BCUT2D eigenvalue weighted by atomic mass is 32.2. The van der Waals surface area contributed by atoms with Crippen LogP contribution in [0.25, 0.3) is 0 Å². The summed E-state index contributed by atoms with van der Waals surface area (Å²) < 4.78 is 1.31. The monoisotopic (exact) mass is 460 g/mol. The molecule has 0 aliphatic carbocycles. The summed E-state index contributed by atoms with van der Waals surface area (Å²) in [6.07, 6.45) is 0. The van der Waals surface area contributed by atoms with Crippen molar-refractivity contribution in [2.45, 2.75) is 22.5 Å². The molecule has 0 aliphatic rings. The van der Waals surface area contributed by atoms with Crippen molar-refractivity contribution in [2.24, 2.45) is 0 Å². The lowest BCUT2D eigenvalue weighted by molar-refractivity contribution is -0.114. The van der Waals surface area contributed by atoms with Gasteiger partial charge in [-0.05, 0) is 13.8 Å². The number of nitrogens with zero attached hydrogens (tertiary/aromatic N) is 6. The van der Waals surface area contributed by atoms with Crippen LogP contribution in [0.5, 0.6) is 0 Å². The van der Waals surface area contributed by atoms with Crippen molar-refractivity contribution in [1.82, 2.24) is 30.6 Å². The largest absolute Gasteiger partial charge is 0.300 e. The molecule has 3 aromatic rings. The Balaban J connectivity index is 1.40. The number of thioether (sulfide) groups is 2. The van der Waals surface area contributed by atoms with E-state index in [1.54, 1.807) is 0 Å². The van der Waals surface area contributed by atoms with Crippen LogP contribution >= 0.6 is 57.5 Å². The Labute approximate surface area is 174 Å². The Morgan fingerprint density at radius 3 is 1.56 bits per heavy atom. The average molecular weight is 461 g/mol. The highest BCUT2D eigenvalue weighted by Crippen LogP contribution is 2.29. The molecule has 27 heavy (non-hydrogen) atoms. The van der Waals surface area contributed by atoms with Gasteiger partial charge in [0.05, 0.1) is 11.5 Å². The van der Waals surface area contributed by atoms with Crippen molar-refractivity contribution in [3.63, 3.8) is 0 Å². The second-order valence-corrected chi connectivity index (χ2v) is 10.5. The number of hydrogen-bond acceptors (Lipinski definition) is 13. The summed E-state index contributed by atoms with van der Waals surface area (Å²) in [4.78, 5) is 23.8. The summed E-state index contributed by atoms with van der Waals surface area (Å²) in [6.45, 7) is 3.63. The van der Waals surface area contributed by atoms with Gasteiger partial charge in [-0.3, -0.25) is 20.2 Å². The van der Waals surface area contributed by atoms with Gasteiger partial charge >= 0.3 is 0 Å². The smallest absolute Gasteiger partial charge is 0.236 e. The summed E-state index contributed by atoms with van der Waals surface area (Å²) in [7, 11) is 0. The van der Waals surface area contributed by atoms with E-state index in [-0.39, 0.29) is 23.3 Å². The van der Waals surface area contributed by atoms with Crippen LogP contribution in [0.2, 0.25) is 0 Å². The maximum absolute atomic E-state index is 11.9. The van der Waals surface area contributed by atoms with Crippen molar-refractivity contribution in [3.05, 3.63) is 10.0 Å². The van der Waals surface area contributed by atoms with Crippen LogP contribution in [0, 0.1) is 13.8 Å². The topological polar surface area (TPSA) is 136 Å². The van der Waals surface area contributed by atoms with Gasteiger partial charge in [0.25, 0.3) is 0 Å². The summed E-state index contributed by atoms with van der Waals surface area (Å²) in [5.74, 6) is 0.00319. The normalized spacial score (nSPS) is 10.7. The van der Waals surface area contributed by atoms with Gasteiger partial charge < -0.3 is 0 Å². The summed E-state index contributed by atoms with van der Waals surface area (Å²) in [5, 5.41) is 31.3. The quantitative estimate of drug-likeness (QED) is 0.482. The van der Waals surface area contributed by atoms with Crippen LogP contribution in [0.1, 0.15) is 10.0 Å². The number of anilines is 2. The molecule has 0 spiro atoms. The maximum Gasteiger partial charge on any atom is 0.236 e. The Bertz CT molecular complexity index is 865. The van der Waals surface area contributed by atoms with Crippen molar-refractivity contribution in [1.29, 1.82) is 0 Å². The van der Waals surface area contributed by atoms with Crippen molar-refractivity contribution in [2.75, 3.05) is 22.1 Å². The molecule has 142 valence electrons. The molecule has 3 heterocycles. The zero-order chi connectivity index (χ0) is 19.2.